The summed E-state index contributed by atoms with van der Waals surface area (Å²) in [5, 5.41) is 7.11. The molecule has 2 nitrogen and oxygen atoms in total. The van der Waals surface area contributed by atoms with Crippen LogP contribution < -0.4 is 4.74 Å². The number of ether oxygens (including phenoxy) is 1. The summed E-state index contributed by atoms with van der Waals surface area (Å²) in [6, 6.07) is 22.7. The molecule has 124 valence electrons. The van der Waals surface area contributed by atoms with Gasteiger partial charge in [0.2, 0.25) is 0 Å². The normalized spacial score (nSPS) is 12.0. The van der Waals surface area contributed by atoms with E-state index in [-0.39, 0.29) is 5.97 Å². The molecule has 0 fully saturated rings. The van der Waals surface area contributed by atoms with Crippen molar-refractivity contribution in [3.05, 3.63) is 66.7 Å². The van der Waals surface area contributed by atoms with Crippen molar-refractivity contribution in [3.63, 3.8) is 0 Å². The van der Waals surface area contributed by atoms with Gasteiger partial charge in [-0.25, -0.2) is 0 Å². The van der Waals surface area contributed by atoms with Gasteiger partial charge < -0.3 is 4.74 Å². The third-order valence-electron chi connectivity index (χ3n) is 4.54. The summed E-state index contributed by atoms with van der Waals surface area (Å²) in [6.07, 6.45) is 0. The second-order valence-corrected chi connectivity index (χ2v) is 7.44. The standard InChI is InChI=1S/C23H20O2/c1-23(2,3)22(24)25-15-12-13-20-18-10-5-4-8-16(18)17-9-6-7-11-19(17)21(20)14-15/h4-14H,1-3H3. The van der Waals surface area contributed by atoms with E-state index in [0.29, 0.717) is 5.75 Å². The first-order valence-corrected chi connectivity index (χ1v) is 8.51. The Morgan fingerprint density at radius 1 is 0.680 bits per heavy atom. The molecular weight excluding hydrogens is 308 g/mol. The van der Waals surface area contributed by atoms with Gasteiger partial charge in [-0.15, -0.1) is 0 Å². The first-order chi connectivity index (χ1) is 11.9. The van der Waals surface area contributed by atoms with Gasteiger partial charge in [-0.05, 0) is 65.2 Å². The van der Waals surface area contributed by atoms with E-state index in [1.165, 1.54) is 26.9 Å². The van der Waals surface area contributed by atoms with Gasteiger partial charge >= 0.3 is 5.97 Å². The first kappa shape index (κ1) is 15.6. The molecule has 2 heteroatoms. The van der Waals surface area contributed by atoms with Gasteiger partial charge in [0.25, 0.3) is 0 Å². The summed E-state index contributed by atoms with van der Waals surface area (Å²) in [7, 11) is 0. The third-order valence-corrected chi connectivity index (χ3v) is 4.54. The lowest BCUT2D eigenvalue weighted by Crippen LogP contribution is -2.25. The highest BCUT2D eigenvalue weighted by Crippen LogP contribution is 2.36. The lowest BCUT2D eigenvalue weighted by molar-refractivity contribution is -0.142. The Morgan fingerprint density at radius 3 is 1.60 bits per heavy atom. The van der Waals surface area contributed by atoms with E-state index in [9.17, 15) is 4.79 Å². The van der Waals surface area contributed by atoms with Crippen LogP contribution in [0.4, 0.5) is 0 Å². The van der Waals surface area contributed by atoms with Gasteiger partial charge in [0.1, 0.15) is 5.75 Å². The minimum atomic E-state index is -0.527. The SMILES string of the molecule is CC(C)(C)C(=O)Oc1ccc2c3ccccc3c3ccccc3c2c1. The number of esters is 1. The van der Waals surface area contributed by atoms with Crippen LogP contribution in [0, 0.1) is 5.41 Å². The van der Waals surface area contributed by atoms with Crippen LogP contribution in [0.15, 0.2) is 66.7 Å². The van der Waals surface area contributed by atoms with Crippen LogP contribution in [-0.2, 0) is 4.79 Å². The molecule has 0 amide bonds. The van der Waals surface area contributed by atoms with Gasteiger partial charge in [-0.1, -0.05) is 54.6 Å². The smallest absolute Gasteiger partial charge is 0.316 e. The Bertz CT molecular complexity index is 1080. The van der Waals surface area contributed by atoms with Gasteiger partial charge in [0, 0.05) is 0 Å². The lowest BCUT2D eigenvalue weighted by Gasteiger charge is -2.17. The fourth-order valence-corrected chi connectivity index (χ4v) is 3.21. The summed E-state index contributed by atoms with van der Waals surface area (Å²) in [5.74, 6) is 0.366. The zero-order chi connectivity index (χ0) is 17.6. The van der Waals surface area contributed by atoms with Crippen molar-refractivity contribution in [2.45, 2.75) is 20.8 Å². The van der Waals surface area contributed by atoms with Gasteiger partial charge in [-0.2, -0.15) is 0 Å². The number of benzene rings is 4. The second-order valence-electron chi connectivity index (χ2n) is 7.44. The summed E-state index contributed by atoms with van der Waals surface area (Å²) in [6.45, 7) is 5.58. The predicted octanol–water partition coefficient (Wildman–Crippen LogP) is 6.10. The Balaban J connectivity index is 2.00. The molecule has 0 aromatic heterocycles. The van der Waals surface area contributed by atoms with Crippen LogP contribution in [0.5, 0.6) is 5.75 Å². The molecule has 0 aliphatic carbocycles. The molecule has 0 N–H and O–H groups in total. The summed E-state index contributed by atoms with van der Waals surface area (Å²) >= 11 is 0. The fourth-order valence-electron chi connectivity index (χ4n) is 3.21. The number of carbonyl (C=O) groups is 1. The van der Waals surface area contributed by atoms with E-state index in [1.807, 2.05) is 39.0 Å². The molecule has 0 heterocycles. The second kappa shape index (κ2) is 5.59. The summed E-state index contributed by atoms with van der Waals surface area (Å²) in [4.78, 5) is 12.2. The zero-order valence-electron chi connectivity index (χ0n) is 14.7. The molecule has 0 aliphatic heterocycles. The van der Waals surface area contributed by atoms with E-state index in [2.05, 4.69) is 48.5 Å². The van der Waals surface area contributed by atoms with E-state index < -0.39 is 5.41 Å². The monoisotopic (exact) mass is 328 g/mol. The molecule has 0 saturated carbocycles. The van der Waals surface area contributed by atoms with E-state index in [1.54, 1.807) is 0 Å². The number of hydrogen-bond acceptors (Lipinski definition) is 2. The van der Waals surface area contributed by atoms with Crippen LogP contribution >= 0.6 is 0 Å². The molecule has 0 unspecified atom stereocenters. The maximum atomic E-state index is 12.2. The van der Waals surface area contributed by atoms with Crippen LogP contribution in [0.3, 0.4) is 0 Å². The molecule has 25 heavy (non-hydrogen) atoms. The molecule has 4 rings (SSSR count). The summed E-state index contributed by atoms with van der Waals surface area (Å²) < 4.78 is 5.61. The van der Waals surface area contributed by atoms with E-state index in [4.69, 9.17) is 4.74 Å². The van der Waals surface area contributed by atoms with Gasteiger partial charge in [0.15, 0.2) is 0 Å². The maximum Gasteiger partial charge on any atom is 0.316 e. The van der Waals surface area contributed by atoms with Gasteiger partial charge in [-0.3, -0.25) is 4.79 Å². The molecule has 0 radical (unpaired) electrons. The molecule has 4 aromatic rings. The molecule has 4 aromatic carbocycles. The average molecular weight is 328 g/mol. The van der Waals surface area contributed by atoms with Crippen molar-refractivity contribution in [1.82, 2.24) is 0 Å². The van der Waals surface area contributed by atoms with E-state index >= 15 is 0 Å². The van der Waals surface area contributed by atoms with Crippen LogP contribution in [0.1, 0.15) is 20.8 Å². The van der Waals surface area contributed by atoms with Crippen molar-refractivity contribution in [2.24, 2.45) is 5.41 Å². The Kier molecular flexibility index (Phi) is 3.50. The highest BCUT2D eigenvalue weighted by atomic mass is 16.5. The molecule has 0 bridgehead atoms. The number of rotatable bonds is 1. The van der Waals surface area contributed by atoms with Crippen molar-refractivity contribution in [1.29, 1.82) is 0 Å². The quantitative estimate of drug-likeness (QED) is 0.240. The predicted molar refractivity (Wildman–Crippen MR) is 104 cm³/mol. The Morgan fingerprint density at radius 2 is 1.12 bits per heavy atom. The maximum absolute atomic E-state index is 12.2. The molecule has 0 saturated heterocycles. The molecular formula is C23H20O2. The van der Waals surface area contributed by atoms with Crippen LogP contribution in [0.2, 0.25) is 0 Å². The highest BCUT2D eigenvalue weighted by molar-refractivity contribution is 6.25. The average Bonchev–Trinajstić information content (AvgIpc) is 2.61. The van der Waals surface area contributed by atoms with Crippen molar-refractivity contribution in [3.8, 4) is 5.75 Å². The number of fused-ring (bicyclic) bond motifs is 6. The minimum absolute atomic E-state index is 0.225. The lowest BCUT2D eigenvalue weighted by atomic mass is 9.94. The van der Waals surface area contributed by atoms with Crippen molar-refractivity contribution >= 4 is 38.3 Å². The van der Waals surface area contributed by atoms with Crippen molar-refractivity contribution in [2.75, 3.05) is 0 Å². The highest BCUT2D eigenvalue weighted by Gasteiger charge is 2.23. The molecule has 0 aliphatic rings. The van der Waals surface area contributed by atoms with Crippen LogP contribution in [0.25, 0.3) is 32.3 Å². The molecule has 0 spiro atoms. The number of carbonyl (C=O) groups excluding carboxylic acids is 1. The largest absolute Gasteiger partial charge is 0.426 e. The van der Waals surface area contributed by atoms with Crippen molar-refractivity contribution < 1.29 is 9.53 Å². The fraction of sp³-hybridized carbons (Fsp3) is 0.174. The minimum Gasteiger partial charge on any atom is -0.426 e. The number of hydrogen-bond donors (Lipinski definition) is 0. The third kappa shape index (κ3) is 2.64. The Hall–Kier alpha value is -2.87. The zero-order valence-corrected chi connectivity index (χ0v) is 14.7. The van der Waals surface area contributed by atoms with E-state index in [0.717, 1.165) is 5.39 Å². The summed E-state index contributed by atoms with van der Waals surface area (Å²) in [5.41, 5.74) is -0.527. The topological polar surface area (TPSA) is 26.3 Å². The van der Waals surface area contributed by atoms with Gasteiger partial charge in [0.05, 0.1) is 5.41 Å². The first-order valence-electron chi connectivity index (χ1n) is 8.51. The molecule has 0 atom stereocenters. The van der Waals surface area contributed by atoms with Crippen LogP contribution in [-0.4, -0.2) is 5.97 Å². The Labute approximate surface area is 147 Å².